The van der Waals surface area contributed by atoms with Crippen molar-refractivity contribution in [1.29, 1.82) is 0 Å². The zero-order valence-corrected chi connectivity index (χ0v) is 15.5. The predicted molar refractivity (Wildman–Crippen MR) is 90.6 cm³/mol. The van der Waals surface area contributed by atoms with Crippen molar-refractivity contribution in [3.8, 4) is 0 Å². The minimum Gasteiger partial charge on any atom is -0.464 e. The molecule has 0 aromatic heterocycles. The van der Waals surface area contributed by atoms with Crippen LogP contribution in [0.2, 0.25) is 0 Å². The molecule has 114 valence electrons. The number of benzene rings is 1. The second-order valence-electron chi connectivity index (χ2n) is 4.50. The average molecular weight is 437 g/mol. The zero-order chi connectivity index (χ0) is 15.4. The third-order valence-corrected chi connectivity index (χ3v) is 5.00. The van der Waals surface area contributed by atoms with Crippen LogP contribution in [0.1, 0.15) is 17.3 Å². The Kier molecular flexibility index (Phi) is 6.13. The van der Waals surface area contributed by atoms with Crippen molar-refractivity contribution in [1.82, 2.24) is 4.90 Å². The zero-order valence-electron chi connectivity index (χ0n) is 11.5. The molecule has 0 spiro atoms. The van der Waals surface area contributed by atoms with E-state index >= 15 is 0 Å². The van der Waals surface area contributed by atoms with E-state index in [-0.39, 0.29) is 11.9 Å². The van der Waals surface area contributed by atoms with Gasteiger partial charge in [-0.05, 0) is 25.1 Å². The Morgan fingerprint density at radius 2 is 2.00 bits per heavy atom. The fraction of sp³-hybridized carbons (Fsp3) is 0.429. The van der Waals surface area contributed by atoms with Crippen LogP contribution >= 0.6 is 43.6 Å². The molecule has 1 aliphatic rings. The highest BCUT2D eigenvalue weighted by molar-refractivity contribution is 9.11. The van der Waals surface area contributed by atoms with Crippen LogP contribution in [-0.4, -0.2) is 47.5 Å². The number of amides is 1. The Morgan fingerprint density at radius 3 is 2.62 bits per heavy atom. The minimum atomic E-state index is -0.506. The molecule has 1 heterocycles. The Morgan fingerprint density at radius 1 is 1.33 bits per heavy atom. The number of halogens is 2. The molecule has 0 radical (unpaired) electrons. The first-order valence-electron chi connectivity index (χ1n) is 6.54. The number of esters is 1. The summed E-state index contributed by atoms with van der Waals surface area (Å²) in [5, 5.41) is 0. The molecule has 1 atom stereocenters. The van der Waals surface area contributed by atoms with Crippen molar-refractivity contribution < 1.29 is 14.3 Å². The first-order valence-corrected chi connectivity index (χ1v) is 9.28. The third kappa shape index (κ3) is 4.23. The molecule has 2 rings (SSSR count). The Labute approximate surface area is 144 Å². The maximum atomic E-state index is 12.7. The highest BCUT2D eigenvalue weighted by Gasteiger charge is 2.34. The van der Waals surface area contributed by atoms with Gasteiger partial charge in [0, 0.05) is 32.6 Å². The molecule has 1 unspecified atom stereocenters. The van der Waals surface area contributed by atoms with E-state index in [1.165, 1.54) is 0 Å². The summed E-state index contributed by atoms with van der Waals surface area (Å²) in [6.07, 6.45) is 0. The van der Waals surface area contributed by atoms with Crippen molar-refractivity contribution >= 4 is 55.5 Å². The standard InChI is InChI=1S/C14H15Br2NO3S/c1-2-20-14(19)12-8-21-4-3-17(12)13(18)9-5-10(15)7-11(16)6-9/h5-7,12H,2-4,8H2,1H3. The lowest BCUT2D eigenvalue weighted by atomic mass is 10.1. The summed E-state index contributed by atoms with van der Waals surface area (Å²) < 4.78 is 6.72. The largest absolute Gasteiger partial charge is 0.464 e. The molecule has 1 aromatic carbocycles. The smallest absolute Gasteiger partial charge is 0.329 e. The monoisotopic (exact) mass is 435 g/mol. The summed E-state index contributed by atoms with van der Waals surface area (Å²) in [4.78, 5) is 26.3. The van der Waals surface area contributed by atoms with Crippen LogP contribution in [0.4, 0.5) is 0 Å². The highest BCUT2D eigenvalue weighted by Crippen LogP contribution is 2.24. The van der Waals surface area contributed by atoms with Gasteiger partial charge in [-0.15, -0.1) is 0 Å². The summed E-state index contributed by atoms with van der Waals surface area (Å²) in [7, 11) is 0. The Bertz CT molecular complexity index is 533. The van der Waals surface area contributed by atoms with Crippen LogP contribution in [0.3, 0.4) is 0 Å². The molecule has 0 aliphatic carbocycles. The van der Waals surface area contributed by atoms with Gasteiger partial charge in [-0.25, -0.2) is 4.79 Å². The van der Waals surface area contributed by atoms with Gasteiger partial charge in [-0.2, -0.15) is 11.8 Å². The fourth-order valence-corrected chi connectivity index (χ4v) is 4.45. The number of hydrogen-bond acceptors (Lipinski definition) is 4. The van der Waals surface area contributed by atoms with E-state index in [1.54, 1.807) is 35.7 Å². The number of carbonyl (C=O) groups excluding carboxylic acids is 2. The van der Waals surface area contributed by atoms with E-state index in [0.717, 1.165) is 14.7 Å². The van der Waals surface area contributed by atoms with E-state index < -0.39 is 6.04 Å². The quantitative estimate of drug-likeness (QED) is 0.681. The predicted octanol–water partition coefficient (Wildman–Crippen LogP) is 3.33. The molecular formula is C14H15Br2NO3S. The van der Waals surface area contributed by atoms with Crippen LogP contribution < -0.4 is 0 Å². The van der Waals surface area contributed by atoms with E-state index in [4.69, 9.17) is 4.74 Å². The first kappa shape index (κ1) is 16.8. The molecule has 1 saturated heterocycles. The van der Waals surface area contributed by atoms with Gasteiger partial charge in [0.05, 0.1) is 6.61 Å². The molecule has 1 fully saturated rings. The number of carbonyl (C=O) groups is 2. The van der Waals surface area contributed by atoms with Gasteiger partial charge in [0.15, 0.2) is 0 Å². The van der Waals surface area contributed by atoms with Gasteiger partial charge in [0.25, 0.3) is 5.91 Å². The van der Waals surface area contributed by atoms with Crippen molar-refractivity contribution in [3.63, 3.8) is 0 Å². The van der Waals surface area contributed by atoms with E-state index in [1.807, 2.05) is 6.07 Å². The van der Waals surface area contributed by atoms with Gasteiger partial charge in [-0.3, -0.25) is 4.79 Å². The van der Waals surface area contributed by atoms with Crippen molar-refractivity contribution in [2.24, 2.45) is 0 Å². The van der Waals surface area contributed by atoms with Crippen LogP contribution in [0, 0.1) is 0 Å². The van der Waals surface area contributed by atoms with E-state index in [2.05, 4.69) is 31.9 Å². The van der Waals surface area contributed by atoms with Gasteiger partial charge in [-0.1, -0.05) is 31.9 Å². The summed E-state index contributed by atoms with van der Waals surface area (Å²) in [6, 6.07) is 4.88. The molecule has 0 N–H and O–H groups in total. The highest BCUT2D eigenvalue weighted by atomic mass is 79.9. The van der Waals surface area contributed by atoms with Crippen molar-refractivity contribution in [2.45, 2.75) is 13.0 Å². The Balaban J connectivity index is 2.24. The number of thioether (sulfide) groups is 1. The van der Waals surface area contributed by atoms with Crippen molar-refractivity contribution in [2.75, 3.05) is 24.7 Å². The van der Waals surface area contributed by atoms with E-state index in [0.29, 0.717) is 24.5 Å². The number of hydrogen-bond donors (Lipinski definition) is 0. The molecule has 4 nitrogen and oxygen atoms in total. The normalized spacial score (nSPS) is 18.4. The molecule has 1 aliphatic heterocycles. The molecule has 1 amide bonds. The second kappa shape index (κ2) is 7.65. The molecular weight excluding hydrogens is 422 g/mol. The molecule has 21 heavy (non-hydrogen) atoms. The lowest BCUT2D eigenvalue weighted by molar-refractivity contribution is -0.147. The van der Waals surface area contributed by atoms with Gasteiger partial charge in [0.1, 0.15) is 6.04 Å². The van der Waals surface area contributed by atoms with Crippen LogP contribution in [0.25, 0.3) is 0 Å². The maximum absolute atomic E-state index is 12.7. The van der Waals surface area contributed by atoms with Gasteiger partial charge < -0.3 is 9.64 Å². The van der Waals surface area contributed by atoms with Crippen LogP contribution in [0.5, 0.6) is 0 Å². The first-order chi connectivity index (χ1) is 10.0. The van der Waals surface area contributed by atoms with Crippen molar-refractivity contribution in [3.05, 3.63) is 32.7 Å². The third-order valence-electron chi connectivity index (χ3n) is 3.06. The summed E-state index contributed by atoms with van der Waals surface area (Å²) in [5.41, 5.74) is 0.553. The lowest BCUT2D eigenvalue weighted by Gasteiger charge is -2.33. The van der Waals surface area contributed by atoms with Gasteiger partial charge >= 0.3 is 5.97 Å². The summed E-state index contributed by atoms with van der Waals surface area (Å²) >= 11 is 8.42. The molecule has 7 heteroatoms. The topological polar surface area (TPSA) is 46.6 Å². The number of ether oxygens (including phenoxy) is 1. The second-order valence-corrected chi connectivity index (χ2v) is 7.48. The Hall–Kier alpha value is -0.530. The SMILES string of the molecule is CCOC(=O)C1CSCCN1C(=O)c1cc(Br)cc(Br)c1. The van der Waals surface area contributed by atoms with Gasteiger partial charge in [0.2, 0.25) is 0 Å². The van der Waals surface area contributed by atoms with Crippen LogP contribution in [0.15, 0.2) is 27.1 Å². The number of nitrogens with zero attached hydrogens (tertiary/aromatic N) is 1. The summed E-state index contributed by atoms with van der Waals surface area (Å²) in [5.74, 6) is 0.943. The molecule has 0 bridgehead atoms. The maximum Gasteiger partial charge on any atom is 0.329 e. The molecule has 1 aromatic rings. The average Bonchev–Trinajstić information content (AvgIpc) is 2.45. The fourth-order valence-electron chi connectivity index (χ4n) is 2.12. The summed E-state index contributed by atoms with van der Waals surface area (Å²) in [6.45, 7) is 2.65. The van der Waals surface area contributed by atoms with Crippen LogP contribution in [-0.2, 0) is 9.53 Å². The van der Waals surface area contributed by atoms with E-state index in [9.17, 15) is 9.59 Å². The lowest BCUT2D eigenvalue weighted by Crippen LogP contribution is -2.51. The number of rotatable bonds is 3. The molecule has 0 saturated carbocycles. The minimum absolute atomic E-state index is 0.143.